The van der Waals surface area contributed by atoms with E-state index in [2.05, 4.69) is 9.97 Å². The highest BCUT2D eigenvalue weighted by Crippen LogP contribution is 2.24. The average Bonchev–Trinajstić information content (AvgIpc) is 2.21. The highest BCUT2D eigenvalue weighted by molar-refractivity contribution is 5.44. The van der Waals surface area contributed by atoms with Crippen LogP contribution in [0.5, 0.6) is 5.88 Å². The number of nitrogen functional groups attached to an aromatic ring is 1. The molecule has 0 bridgehead atoms. The van der Waals surface area contributed by atoms with Gasteiger partial charge in [0.05, 0.1) is 18.6 Å². The van der Waals surface area contributed by atoms with Gasteiger partial charge < -0.3 is 10.5 Å². The standard InChI is InChI=1S/C11H16F3N3O/c1-6(2)9-16-8(15)7(3)10(17-9)18-5-4-11(12,13)14/h6H,4-5H2,1-3H3,(H2,15,16,17). The second-order valence-electron chi connectivity index (χ2n) is 4.27. The zero-order valence-electron chi connectivity index (χ0n) is 10.5. The van der Waals surface area contributed by atoms with Gasteiger partial charge in [0, 0.05) is 5.92 Å². The quantitative estimate of drug-likeness (QED) is 0.907. The van der Waals surface area contributed by atoms with Crippen molar-refractivity contribution in [1.29, 1.82) is 0 Å². The first-order chi connectivity index (χ1) is 8.20. The second-order valence-corrected chi connectivity index (χ2v) is 4.27. The highest BCUT2D eigenvalue weighted by Gasteiger charge is 2.27. The number of halogens is 3. The lowest BCUT2D eigenvalue weighted by atomic mass is 10.2. The zero-order chi connectivity index (χ0) is 13.9. The molecule has 7 heteroatoms. The number of aromatic nitrogens is 2. The number of alkyl halides is 3. The van der Waals surface area contributed by atoms with Gasteiger partial charge in [-0.2, -0.15) is 18.2 Å². The van der Waals surface area contributed by atoms with Gasteiger partial charge in [0.2, 0.25) is 5.88 Å². The topological polar surface area (TPSA) is 61.0 Å². The molecule has 1 rings (SSSR count). The molecule has 0 fully saturated rings. The van der Waals surface area contributed by atoms with Gasteiger partial charge in [-0.1, -0.05) is 13.8 Å². The third kappa shape index (κ3) is 4.05. The summed E-state index contributed by atoms with van der Waals surface area (Å²) < 4.78 is 41.1. The van der Waals surface area contributed by atoms with Gasteiger partial charge in [0.25, 0.3) is 0 Å². The van der Waals surface area contributed by atoms with E-state index in [0.29, 0.717) is 11.4 Å². The van der Waals surface area contributed by atoms with Crippen LogP contribution in [0.25, 0.3) is 0 Å². The fraction of sp³-hybridized carbons (Fsp3) is 0.636. The van der Waals surface area contributed by atoms with Crippen LogP contribution in [0.3, 0.4) is 0 Å². The van der Waals surface area contributed by atoms with Gasteiger partial charge in [-0.15, -0.1) is 0 Å². The third-order valence-electron chi connectivity index (χ3n) is 2.30. The summed E-state index contributed by atoms with van der Waals surface area (Å²) in [5, 5.41) is 0. The number of ether oxygens (including phenoxy) is 1. The van der Waals surface area contributed by atoms with Crippen molar-refractivity contribution in [2.75, 3.05) is 12.3 Å². The Morgan fingerprint density at radius 3 is 2.39 bits per heavy atom. The van der Waals surface area contributed by atoms with Crippen LogP contribution >= 0.6 is 0 Å². The molecule has 0 aromatic carbocycles. The summed E-state index contributed by atoms with van der Waals surface area (Å²) in [6, 6.07) is 0. The lowest BCUT2D eigenvalue weighted by Gasteiger charge is -2.13. The Hall–Kier alpha value is -1.53. The van der Waals surface area contributed by atoms with Gasteiger partial charge in [-0.25, -0.2) is 4.98 Å². The Labute approximate surface area is 103 Å². The van der Waals surface area contributed by atoms with Crippen molar-refractivity contribution in [2.24, 2.45) is 0 Å². The summed E-state index contributed by atoms with van der Waals surface area (Å²) in [5.74, 6) is 0.837. The van der Waals surface area contributed by atoms with E-state index in [4.69, 9.17) is 10.5 Å². The Morgan fingerprint density at radius 2 is 1.89 bits per heavy atom. The van der Waals surface area contributed by atoms with Crippen LogP contribution in [0.15, 0.2) is 0 Å². The Kier molecular flexibility index (Phi) is 4.37. The van der Waals surface area contributed by atoms with Crippen molar-refractivity contribution in [1.82, 2.24) is 9.97 Å². The molecule has 0 radical (unpaired) electrons. The molecular formula is C11H16F3N3O. The largest absolute Gasteiger partial charge is 0.477 e. The molecule has 4 nitrogen and oxygen atoms in total. The SMILES string of the molecule is Cc1c(N)nc(C(C)C)nc1OCCC(F)(F)F. The normalized spacial score (nSPS) is 11.9. The van der Waals surface area contributed by atoms with E-state index in [9.17, 15) is 13.2 Å². The van der Waals surface area contributed by atoms with Crippen molar-refractivity contribution < 1.29 is 17.9 Å². The van der Waals surface area contributed by atoms with E-state index in [1.54, 1.807) is 6.92 Å². The van der Waals surface area contributed by atoms with E-state index < -0.39 is 19.2 Å². The van der Waals surface area contributed by atoms with Crippen LogP contribution in [0, 0.1) is 6.92 Å². The van der Waals surface area contributed by atoms with E-state index in [1.165, 1.54) is 0 Å². The Balaban J connectivity index is 2.81. The molecule has 102 valence electrons. The maximum atomic E-state index is 12.0. The molecule has 0 aliphatic rings. The minimum atomic E-state index is -4.24. The lowest BCUT2D eigenvalue weighted by Crippen LogP contribution is -2.15. The number of nitrogens with zero attached hydrogens (tertiary/aromatic N) is 2. The van der Waals surface area contributed by atoms with E-state index in [1.807, 2.05) is 13.8 Å². The maximum Gasteiger partial charge on any atom is 0.392 e. The second kappa shape index (κ2) is 5.41. The van der Waals surface area contributed by atoms with Gasteiger partial charge in [-0.3, -0.25) is 0 Å². The van der Waals surface area contributed by atoms with Crippen LogP contribution in [-0.2, 0) is 0 Å². The lowest BCUT2D eigenvalue weighted by molar-refractivity contribution is -0.139. The summed E-state index contributed by atoms with van der Waals surface area (Å²) >= 11 is 0. The van der Waals surface area contributed by atoms with Gasteiger partial charge in [0.1, 0.15) is 11.6 Å². The molecule has 1 aromatic rings. The van der Waals surface area contributed by atoms with Crippen molar-refractivity contribution >= 4 is 5.82 Å². The van der Waals surface area contributed by atoms with Crippen molar-refractivity contribution in [3.05, 3.63) is 11.4 Å². The molecule has 0 aliphatic heterocycles. The van der Waals surface area contributed by atoms with E-state index >= 15 is 0 Å². The smallest absolute Gasteiger partial charge is 0.392 e. The number of hydrogen-bond acceptors (Lipinski definition) is 4. The summed E-state index contributed by atoms with van der Waals surface area (Å²) in [7, 11) is 0. The van der Waals surface area contributed by atoms with Crippen molar-refractivity contribution in [2.45, 2.75) is 39.3 Å². The third-order valence-corrected chi connectivity index (χ3v) is 2.30. The monoisotopic (exact) mass is 263 g/mol. The molecule has 0 spiro atoms. The molecule has 1 heterocycles. The summed E-state index contributed by atoms with van der Waals surface area (Å²) in [6.07, 6.45) is -5.26. The molecular weight excluding hydrogens is 247 g/mol. The van der Waals surface area contributed by atoms with Gasteiger partial charge >= 0.3 is 6.18 Å². The predicted octanol–water partition coefficient (Wildman–Crippen LogP) is 2.82. The molecule has 2 N–H and O–H groups in total. The minimum Gasteiger partial charge on any atom is -0.477 e. The summed E-state index contributed by atoms with van der Waals surface area (Å²) in [6.45, 7) is 4.87. The number of rotatable bonds is 4. The Bertz CT molecular complexity index is 419. The summed E-state index contributed by atoms with van der Waals surface area (Å²) in [4.78, 5) is 8.13. The first-order valence-electron chi connectivity index (χ1n) is 5.54. The fourth-order valence-electron chi connectivity index (χ4n) is 1.19. The van der Waals surface area contributed by atoms with E-state index in [0.717, 1.165) is 0 Å². The van der Waals surface area contributed by atoms with Gasteiger partial charge in [0.15, 0.2) is 0 Å². The molecule has 0 saturated heterocycles. The first-order valence-corrected chi connectivity index (χ1v) is 5.54. The summed E-state index contributed by atoms with van der Waals surface area (Å²) in [5.41, 5.74) is 6.12. The first kappa shape index (κ1) is 14.5. The van der Waals surface area contributed by atoms with Crippen LogP contribution in [0.1, 0.15) is 37.6 Å². The molecule has 0 unspecified atom stereocenters. The number of nitrogens with two attached hydrogens (primary N) is 1. The van der Waals surface area contributed by atoms with Crippen LogP contribution in [-0.4, -0.2) is 22.8 Å². The highest BCUT2D eigenvalue weighted by atomic mass is 19.4. The number of hydrogen-bond donors (Lipinski definition) is 1. The maximum absolute atomic E-state index is 12.0. The molecule has 0 atom stereocenters. The average molecular weight is 263 g/mol. The van der Waals surface area contributed by atoms with Crippen LogP contribution in [0.4, 0.5) is 19.0 Å². The molecule has 0 saturated carbocycles. The Morgan fingerprint density at radius 1 is 1.28 bits per heavy atom. The van der Waals surface area contributed by atoms with Crippen LogP contribution in [0.2, 0.25) is 0 Å². The minimum absolute atomic E-state index is 0.0258. The molecule has 1 aromatic heterocycles. The molecule has 0 amide bonds. The van der Waals surface area contributed by atoms with Crippen molar-refractivity contribution in [3.8, 4) is 5.88 Å². The van der Waals surface area contributed by atoms with E-state index in [-0.39, 0.29) is 17.6 Å². The fourth-order valence-corrected chi connectivity index (χ4v) is 1.19. The predicted molar refractivity (Wildman–Crippen MR) is 61.4 cm³/mol. The molecule has 18 heavy (non-hydrogen) atoms. The van der Waals surface area contributed by atoms with Crippen LogP contribution < -0.4 is 10.5 Å². The van der Waals surface area contributed by atoms with Crippen molar-refractivity contribution in [3.63, 3.8) is 0 Å². The molecule has 0 aliphatic carbocycles. The zero-order valence-corrected chi connectivity index (χ0v) is 10.5. The number of anilines is 1. The van der Waals surface area contributed by atoms with Gasteiger partial charge in [-0.05, 0) is 6.92 Å².